The number of aromatic nitrogens is 2. The second-order valence-corrected chi connectivity index (χ2v) is 5.96. The van der Waals surface area contributed by atoms with Crippen molar-refractivity contribution < 1.29 is 0 Å². The molecule has 0 saturated heterocycles. The Morgan fingerprint density at radius 1 is 1.60 bits per heavy atom. The molecule has 1 aromatic rings. The zero-order valence-corrected chi connectivity index (χ0v) is 10.8. The van der Waals surface area contributed by atoms with Crippen LogP contribution in [0.1, 0.15) is 38.4 Å². The van der Waals surface area contributed by atoms with Crippen molar-refractivity contribution in [2.45, 2.75) is 43.9 Å². The molecular formula is C12H19BrN2. The van der Waals surface area contributed by atoms with Crippen LogP contribution >= 0.6 is 15.9 Å². The van der Waals surface area contributed by atoms with Crippen LogP contribution in [0.5, 0.6) is 0 Å². The first-order valence-corrected chi connectivity index (χ1v) is 6.79. The fourth-order valence-electron chi connectivity index (χ4n) is 2.57. The van der Waals surface area contributed by atoms with Crippen molar-refractivity contribution in [2.24, 2.45) is 11.8 Å². The second kappa shape index (κ2) is 5.15. The lowest BCUT2D eigenvalue weighted by Gasteiger charge is -2.30. The Bertz CT molecular complexity index is 284. The van der Waals surface area contributed by atoms with E-state index in [-0.39, 0.29) is 0 Å². The van der Waals surface area contributed by atoms with Gasteiger partial charge in [-0.2, -0.15) is 0 Å². The summed E-state index contributed by atoms with van der Waals surface area (Å²) in [7, 11) is 0. The van der Waals surface area contributed by atoms with E-state index in [1.807, 2.05) is 12.4 Å². The molecule has 1 aliphatic carbocycles. The van der Waals surface area contributed by atoms with Gasteiger partial charge in [-0.1, -0.05) is 35.7 Å². The lowest BCUT2D eigenvalue weighted by Crippen LogP contribution is -2.23. The number of alkyl halides is 1. The molecule has 84 valence electrons. The number of aromatic amines is 1. The highest BCUT2D eigenvalue weighted by Crippen LogP contribution is 2.34. The Morgan fingerprint density at radius 3 is 3.13 bits per heavy atom. The van der Waals surface area contributed by atoms with Crippen LogP contribution in [0.25, 0.3) is 0 Å². The molecule has 3 unspecified atom stereocenters. The third kappa shape index (κ3) is 3.07. The van der Waals surface area contributed by atoms with Crippen LogP contribution < -0.4 is 0 Å². The summed E-state index contributed by atoms with van der Waals surface area (Å²) in [5.74, 6) is 2.84. The third-order valence-corrected chi connectivity index (χ3v) is 4.50. The molecule has 0 bridgehead atoms. The van der Waals surface area contributed by atoms with Gasteiger partial charge in [0.25, 0.3) is 0 Å². The summed E-state index contributed by atoms with van der Waals surface area (Å²) >= 11 is 3.83. The minimum Gasteiger partial charge on any atom is -0.349 e. The number of nitrogens with zero attached hydrogens (tertiary/aromatic N) is 1. The lowest BCUT2D eigenvalue weighted by atomic mass is 9.80. The van der Waals surface area contributed by atoms with Crippen LogP contribution in [-0.4, -0.2) is 14.8 Å². The van der Waals surface area contributed by atoms with E-state index < -0.39 is 0 Å². The van der Waals surface area contributed by atoms with Crippen LogP contribution in [0.2, 0.25) is 0 Å². The number of hydrogen-bond donors (Lipinski definition) is 1. The van der Waals surface area contributed by atoms with E-state index in [0.29, 0.717) is 4.83 Å². The molecule has 2 rings (SSSR count). The predicted molar refractivity (Wildman–Crippen MR) is 66.1 cm³/mol. The van der Waals surface area contributed by atoms with Gasteiger partial charge < -0.3 is 4.98 Å². The SMILES string of the molecule is CC1CCCC(C(Br)Cc2ncc[nH]2)C1. The van der Waals surface area contributed by atoms with E-state index in [4.69, 9.17) is 0 Å². The molecule has 15 heavy (non-hydrogen) atoms. The summed E-state index contributed by atoms with van der Waals surface area (Å²) in [6, 6.07) is 0. The second-order valence-electron chi connectivity index (χ2n) is 4.79. The van der Waals surface area contributed by atoms with E-state index in [0.717, 1.165) is 24.1 Å². The maximum absolute atomic E-state index is 4.28. The van der Waals surface area contributed by atoms with E-state index >= 15 is 0 Å². The first-order chi connectivity index (χ1) is 7.25. The van der Waals surface area contributed by atoms with Crippen LogP contribution in [0.3, 0.4) is 0 Å². The molecule has 1 fully saturated rings. The van der Waals surface area contributed by atoms with Gasteiger partial charge in [0.1, 0.15) is 5.82 Å². The fourth-order valence-corrected chi connectivity index (χ4v) is 3.36. The highest BCUT2D eigenvalue weighted by Gasteiger charge is 2.25. The molecule has 3 heteroatoms. The average Bonchev–Trinajstić information content (AvgIpc) is 2.70. The molecule has 0 aromatic carbocycles. The van der Waals surface area contributed by atoms with Gasteiger partial charge in [-0.3, -0.25) is 0 Å². The third-order valence-electron chi connectivity index (χ3n) is 3.43. The van der Waals surface area contributed by atoms with Crippen molar-refractivity contribution in [1.29, 1.82) is 0 Å². The topological polar surface area (TPSA) is 28.7 Å². The van der Waals surface area contributed by atoms with Gasteiger partial charge in [-0.15, -0.1) is 0 Å². The number of imidazole rings is 1. The summed E-state index contributed by atoms with van der Waals surface area (Å²) in [4.78, 5) is 8.05. The standard InChI is InChI=1S/C12H19BrN2/c1-9-3-2-4-10(7-9)11(13)8-12-14-5-6-15-12/h5-6,9-11H,2-4,7-8H2,1H3,(H,14,15). The molecule has 0 spiro atoms. The van der Waals surface area contributed by atoms with Crippen molar-refractivity contribution >= 4 is 15.9 Å². The number of H-pyrrole nitrogens is 1. The van der Waals surface area contributed by atoms with Crippen molar-refractivity contribution in [3.8, 4) is 0 Å². The van der Waals surface area contributed by atoms with E-state index in [1.54, 1.807) is 0 Å². The summed E-state index contributed by atoms with van der Waals surface area (Å²) in [5, 5.41) is 0. The zero-order valence-electron chi connectivity index (χ0n) is 9.25. The minimum atomic E-state index is 0.589. The van der Waals surface area contributed by atoms with Crippen LogP contribution in [0, 0.1) is 11.8 Å². The fraction of sp³-hybridized carbons (Fsp3) is 0.750. The Labute approximate surface area is 100 Å². The predicted octanol–water partition coefficient (Wildman–Crippen LogP) is 3.54. The molecule has 3 atom stereocenters. The van der Waals surface area contributed by atoms with Gasteiger partial charge in [0.2, 0.25) is 0 Å². The van der Waals surface area contributed by atoms with E-state index in [9.17, 15) is 0 Å². The van der Waals surface area contributed by atoms with Crippen LogP contribution in [-0.2, 0) is 6.42 Å². The molecule has 1 aromatic heterocycles. The van der Waals surface area contributed by atoms with Gasteiger partial charge in [0, 0.05) is 23.6 Å². The Hall–Kier alpha value is -0.310. The normalized spacial score (nSPS) is 28.9. The quantitative estimate of drug-likeness (QED) is 0.837. The van der Waals surface area contributed by atoms with E-state index in [1.165, 1.54) is 25.7 Å². The average molecular weight is 271 g/mol. The maximum Gasteiger partial charge on any atom is 0.107 e. The molecule has 1 N–H and O–H groups in total. The summed E-state index contributed by atoms with van der Waals surface area (Å²) in [5.41, 5.74) is 0. The van der Waals surface area contributed by atoms with Gasteiger partial charge in [0.05, 0.1) is 0 Å². The molecule has 1 heterocycles. The first-order valence-electron chi connectivity index (χ1n) is 5.88. The smallest absolute Gasteiger partial charge is 0.107 e. The number of halogens is 1. The van der Waals surface area contributed by atoms with Crippen molar-refractivity contribution in [3.63, 3.8) is 0 Å². The Morgan fingerprint density at radius 2 is 2.47 bits per heavy atom. The highest BCUT2D eigenvalue weighted by atomic mass is 79.9. The highest BCUT2D eigenvalue weighted by molar-refractivity contribution is 9.09. The minimum absolute atomic E-state index is 0.589. The van der Waals surface area contributed by atoms with Gasteiger partial charge in [0.15, 0.2) is 0 Å². The molecule has 1 saturated carbocycles. The van der Waals surface area contributed by atoms with E-state index in [2.05, 4.69) is 32.8 Å². The monoisotopic (exact) mass is 270 g/mol. The number of hydrogen-bond acceptors (Lipinski definition) is 1. The molecule has 0 amide bonds. The van der Waals surface area contributed by atoms with Gasteiger partial charge in [-0.05, 0) is 24.7 Å². The molecule has 2 nitrogen and oxygen atoms in total. The summed E-state index contributed by atoms with van der Waals surface area (Å²) in [6.45, 7) is 2.37. The Balaban J connectivity index is 1.87. The summed E-state index contributed by atoms with van der Waals surface area (Å²) in [6.07, 6.45) is 10.3. The Kier molecular flexibility index (Phi) is 3.84. The molecule has 1 aliphatic rings. The number of rotatable bonds is 3. The molecule has 0 aliphatic heterocycles. The summed E-state index contributed by atoms with van der Waals surface area (Å²) < 4.78 is 0. The van der Waals surface area contributed by atoms with Crippen molar-refractivity contribution in [3.05, 3.63) is 18.2 Å². The van der Waals surface area contributed by atoms with Crippen LogP contribution in [0.4, 0.5) is 0 Å². The lowest BCUT2D eigenvalue weighted by molar-refractivity contribution is 0.277. The van der Waals surface area contributed by atoms with Crippen molar-refractivity contribution in [1.82, 2.24) is 9.97 Å². The zero-order chi connectivity index (χ0) is 10.7. The molecule has 0 radical (unpaired) electrons. The van der Waals surface area contributed by atoms with Gasteiger partial charge in [-0.25, -0.2) is 4.98 Å². The van der Waals surface area contributed by atoms with Gasteiger partial charge >= 0.3 is 0 Å². The van der Waals surface area contributed by atoms with Crippen molar-refractivity contribution in [2.75, 3.05) is 0 Å². The van der Waals surface area contributed by atoms with Crippen LogP contribution in [0.15, 0.2) is 12.4 Å². The largest absolute Gasteiger partial charge is 0.349 e. The molecular weight excluding hydrogens is 252 g/mol. The number of nitrogens with one attached hydrogen (secondary N) is 1. The maximum atomic E-state index is 4.28. The first kappa shape index (κ1) is 11.2.